The van der Waals surface area contributed by atoms with Gasteiger partial charge in [0.1, 0.15) is 5.78 Å². The topological polar surface area (TPSA) is 66.5 Å². The number of hydrogen-bond donors (Lipinski definition) is 1. The molecule has 0 spiro atoms. The summed E-state index contributed by atoms with van der Waals surface area (Å²) in [6, 6.07) is 13.6. The minimum absolute atomic E-state index is 0.162. The quantitative estimate of drug-likeness (QED) is 0.668. The van der Waals surface area contributed by atoms with Crippen LogP contribution in [0.3, 0.4) is 0 Å². The molecule has 1 saturated heterocycles. The summed E-state index contributed by atoms with van der Waals surface area (Å²) in [6.07, 6.45) is -2.36. The van der Waals surface area contributed by atoms with Gasteiger partial charge in [0.2, 0.25) is 5.91 Å². The second kappa shape index (κ2) is 10.2. The van der Waals surface area contributed by atoms with Gasteiger partial charge in [-0.25, -0.2) is 0 Å². The zero-order chi connectivity index (χ0) is 24.1. The third-order valence-electron chi connectivity index (χ3n) is 6.16. The van der Waals surface area contributed by atoms with Gasteiger partial charge < -0.3 is 10.2 Å². The number of amides is 2. The van der Waals surface area contributed by atoms with Crippen molar-refractivity contribution in [1.29, 1.82) is 0 Å². The second-order valence-electron chi connectivity index (χ2n) is 8.26. The van der Waals surface area contributed by atoms with E-state index in [1.807, 2.05) is 37.3 Å². The van der Waals surface area contributed by atoms with Crippen molar-refractivity contribution < 1.29 is 27.6 Å². The number of carbonyl (C=O) groups excluding carboxylic acids is 3. The first-order valence-electron chi connectivity index (χ1n) is 11.0. The number of rotatable bonds is 7. The van der Waals surface area contributed by atoms with Crippen LogP contribution in [-0.2, 0) is 21.2 Å². The Labute approximate surface area is 191 Å². The summed E-state index contributed by atoms with van der Waals surface area (Å²) in [5.41, 5.74) is -0.764. The Balaban J connectivity index is 1.62. The van der Waals surface area contributed by atoms with Crippen LogP contribution in [0.4, 0.5) is 13.2 Å². The highest BCUT2D eigenvalue weighted by Crippen LogP contribution is 2.37. The van der Waals surface area contributed by atoms with E-state index < -0.39 is 23.1 Å². The number of hydrogen-bond acceptors (Lipinski definition) is 3. The lowest BCUT2D eigenvalue weighted by atomic mass is 9.68. The molecule has 0 bridgehead atoms. The number of Topliss-reactive ketones (excluding diaryl/α,β-unsaturated/α-hetero) is 1. The van der Waals surface area contributed by atoms with E-state index in [-0.39, 0.29) is 23.8 Å². The molecule has 0 atom stereocenters. The van der Waals surface area contributed by atoms with Crippen molar-refractivity contribution in [2.24, 2.45) is 0 Å². The van der Waals surface area contributed by atoms with E-state index >= 15 is 0 Å². The molecule has 0 saturated carbocycles. The number of halogens is 3. The first-order chi connectivity index (χ1) is 15.7. The molecule has 0 radical (unpaired) electrons. The molecule has 1 heterocycles. The molecule has 0 aromatic heterocycles. The highest BCUT2D eigenvalue weighted by Gasteiger charge is 2.42. The molecule has 0 unspecified atom stereocenters. The number of carbonyl (C=O) groups is 3. The van der Waals surface area contributed by atoms with E-state index in [0.29, 0.717) is 32.4 Å². The number of nitrogens with one attached hydrogen (secondary N) is 1. The Morgan fingerprint density at radius 3 is 2.27 bits per heavy atom. The summed E-state index contributed by atoms with van der Waals surface area (Å²) in [4.78, 5) is 39.5. The van der Waals surface area contributed by atoms with E-state index in [9.17, 15) is 27.6 Å². The first-order valence-corrected chi connectivity index (χ1v) is 11.0. The summed E-state index contributed by atoms with van der Waals surface area (Å²) in [6.45, 7) is 2.36. The number of alkyl halides is 3. The molecule has 3 rings (SSSR count). The van der Waals surface area contributed by atoms with E-state index in [1.165, 1.54) is 6.07 Å². The summed E-state index contributed by atoms with van der Waals surface area (Å²) in [5.74, 6) is -0.913. The molecule has 8 heteroatoms. The average Bonchev–Trinajstić information content (AvgIpc) is 2.82. The molecule has 176 valence electrons. The smallest absolute Gasteiger partial charge is 0.343 e. The summed E-state index contributed by atoms with van der Waals surface area (Å²) in [5, 5.41) is 2.41. The number of benzene rings is 2. The van der Waals surface area contributed by atoms with Gasteiger partial charge in [0, 0.05) is 25.1 Å². The molecular weight excluding hydrogens is 433 g/mol. The Hall–Kier alpha value is -3.16. The van der Waals surface area contributed by atoms with Crippen LogP contribution in [-0.4, -0.2) is 42.1 Å². The van der Waals surface area contributed by atoms with Crippen molar-refractivity contribution in [3.8, 4) is 0 Å². The van der Waals surface area contributed by atoms with Crippen LogP contribution < -0.4 is 5.32 Å². The summed E-state index contributed by atoms with van der Waals surface area (Å²) < 4.78 is 38.6. The van der Waals surface area contributed by atoms with Crippen LogP contribution in [0, 0.1) is 0 Å². The highest BCUT2D eigenvalue weighted by atomic mass is 19.4. The lowest BCUT2D eigenvalue weighted by Crippen LogP contribution is -2.51. The minimum atomic E-state index is -4.56. The third kappa shape index (κ3) is 5.61. The van der Waals surface area contributed by atoms with Crippen LogP contribution in [0.2, 0.25) is 0 Å². The largest absolute Gasteiger partial charge is 0.416 e. The summed E-state index contributed by atoms with van der Waals surface area (Å²) >= 11 is 0. The lowest BCUT2D eigenvalue weighted by molar-refractivity contribution is -0.137. The predicted molar refractivity (Wildman–Crippen MR) is 118 cm³/mol. The molecule has 2 amide bonds. The van der Waals surface area contributed by atoms with Gasteiger partial charge >= 0.3 is 6.18 Å². The van der Waals surface area contributed by atoms with E-state index in [1.54, 1.807) is 4.90 Å². The highest BCUT2D eigenvalue weighted by molar-refractivity contribution is 5.96. The molecule has 2 aromatic rings. The zero-order valence-electron chi connectivity index (χ0n) is 18.5. The maximum Gasteiger partial charge on any atom is 0.416 e. The molecule has 5 nitrogen and oxygen atoms in total. The molecule has 1 aliphatic rings. The van der Waals surface area contributed by atoms with Gasteiger partial charge in [-0.05, 0) is 43.0 Å². The average molecular weight is 460 g/mol. The Kier molecular flexibility index (Phi) is 7.56. The van der Waals surface area contributed by atoms with Gasteiger partial charge in [0.25, 0.3) is 5.91 Å². The van der Waals surface area contributed by atoms with E-state index in [0.717, 1.165) is 30.2 Å². The third-order valence-corrected chi connectivity index (χ3v) is 6.16. The number of piperidine rings is 1. The fraction of sp³-hybridized carbons (Fsp3) is 0.400. The number of ketones is 1. The van der Waals surface area contributed by atoms with Crippen LogP contribution in [0.15, 0.2) is 54.6 Å². The SMILES string of the molecule is CCCC(=O)C1(c2ccccc2)CCN(C(=O)CNC(=O)c2cccc(C(F)(F)F)c2)CC1. The number of likely N-dealkylation sites (tertiary alicyclic amines) is 1. The molecule has 2 aromatic carbocycles. The molecule has 33 heavy (non-hydrogen) atoms. The lowest BCUT2D eigenvalue weighted by Gasteiger charge is -2.41. The van der Waals surface area contributed by atoms with Gasteiger partial charge in [-0.15, -0.1) is 0 Å². The van der Waals surface area contributed by atoms with Crippen molar-refractivity contribution in [3.63, 3.8) is 0 Å². The maximum absolute atomic E-state index is 13.0. The maximum atomic E-state index is 13.0. The normalized spacial score (nSPS) is 15.7. The standard InChI is InChI=1S/C25H27F3N2O3/c1-2-7-21(31)24(19-9-4-3-5-10-19)12-14-30(15-13-24)22(32)17-29-23(33)18-8-6-11-20(16-18)25(26,27)28/h3-6,8-11,16H,2,7,12-15,17H2,1H3,(H,29,33). The summed E-state index contributed by atoms with van der Waals surface area (Å²) in [7, 11) is 0. The predicted octanol–water partition coefficient (Wildman–Crippen LogP) is 4.36. The molecule has 1 aliphatic heterocycles. The zero-order valence-corrected chi connectivity index (χ0v) is 18.5. The van der Waals surface area contributed by atoms with Crippen LogP contribution in [0.5, 0.6) is 0 Å². The van der Waals surface area contributed by atoms with Crippen LogP contribution in [0.25, 0.3) is 0 Å². The van der Waals surface area contributed by atoms with Crippen molar-refractivity contribution in [2.75, 3.05) is 19.6 Å². The molecule has 1 fully saturated rings. The van der Waals surface area contributed by atoms with Gasteiger partial charge in [-0.2, -0.15) is 13.2 Å². The molecular formula is C25H27F3N2O3. The fourth-order valence-corrected chi connectivity index (χ4v) is 4.30. The van der Waals surface area contributed by atoms with Crippen molar-refractivity contribution in [3.05, 3.63) is 71.3 Å². The monoisotopic (exact) mass is 460 g/mol. The molecule has 0 aliphatic carbocycles. The number of nitrogens with zero attached hydrogens (tertiary/aromatic N) is 1. The van der Waals surface area contributed by atoms with Gasteiger partial charge in [0.05, 0.1) is 17.5 Å². The van der Waals surface area contributed by atoms with Gasteiger partial charge in [0.15, 0.2) is 0 Å². The Morgan fingerprint density at radius 2 is 1.67 bits per heavy atom. The van der Waals surface area contributed by atoms with E-state index in [4.69, 9.17) is 0 Å². The van der Waals surface area contributed by atoms with Gasteiger partial charge in [-0.1, -0.05) is 43.3 Å². The van der Waals surface area contributed by atoms with Crippen LogP contribution >= 0.6 is 0 Å². The Bertz CT molecular complexity index is 997. The fourth-order valence-electron chi connectivity index (χ4n) is 4.30. The Morgan fingerprint density at radius 1 is 1.00 bits per heavy atom. The molecule has 1 N–H and O–H groups in total. The van der Waals surface area contributed by atoms with Crippen molar-refractivity contribution in [2.45, 2.75) is 44.2 Å². The van der Waals surface area contributed by atoms with Crippen molar-refractivity contribution in [1.82, 2.24) is 10.2 Å². The minimum Gasteiger partial charge on any atom is -0.343 e. The van der Waals surface area contributed by atoms with E-state index in [2.05, 4.69) is 5.32 Å². The van der Waals surface area contributed by atoms with Crippen molar-refractivity contribution >= 4 is 17.6 Å². The first kappa shape index (κ1) is 24.5. The van der Waals surface area contributed by atoms with Crippen LogP contribution in [0.1, 0.15) is 54.1 Å². The second-order valence-corrected chi connectivity index (χ2v) is 8.26. The van der Waals surface area contributed by atoms with Gasteiger partial charge in [-0.3, -0.25) is 14.4 Å².